The Labute approximate surface area is 193 Å². The van der Waals surface area contributed by atoms with E-state index in [9.17, 15) is 14.4 Å². The highest BCUT2D eigenvalue weighted by molar-refractivity contribution is 7.48. The Kier molecular flexibility index (Phi) is 9.31. The van der Waals surface area contributed by atoms with Crippen LogP contribution in [-0.4, -0.2) is 9.79 Å². The Morgan fingerprint density at radius 1 is 0.515 bits per heavy atom. The molecule has 9 heteroatoms. The van der Waals surface area contributed by atoms with E-state index in [0.717, 1.165) is 0 Å². The fourth-order valence-corrected chi connectivity index (χ4v) is 3.86. The highest BCUT2D eigenvalue weighted by Crippen LogP contribution is 2.44. The van der Waals surface area contributed by atoms with Crippen molar-refractivity contribution in [1.29, 1.82) is 0 Å². The van der Waals surface area contributed by atoms with Gasteiger partial charge in [0.15, 0.2) is 0 Å². The van der Waals surface area contributed by atoms with Gasteiger partial charge >= 0.3 is 16.4 Å². The van der Waals surface area contributed by atoms with Crippen LogP contribution in [0.5, 0.6) is 23.0 Å². The maximum atomic E-state index is 11.7. The maximum absolute atomic E-state index is 11.7. The second-order valence-corrected chi connectivity index (χ2v) is 8.47. The second-order valence-electron chi connectivity index (χ2n) is 6.32. The van der Waals surface area contributed by atoms with Crippen LogP contribution in [-0.2, 0) is 4.57 Å². The number of rotatable bonds is 8. The lowest BCUT2D eigenvalue weighted by atomic mass is 10.3. The zero-order valence-electron chi connectivity index (χ0n) is 17.4. The summed E-state index contributed by atoms with van der Waals surface area (Å²) in [6, 6.07) is 34.9. The third kappa shape index (κ3) is 9.36. The first-order valence-corrected chi connectivity index (χ1v) is 12.4. The first kappa shape index (κ1) is 24.3. The molecule has 0 saturated heterocycles. The van der Waals surface area contributed by atoms with Crippen LogP contribution in [0, 0.1) is 0 Å². The van der Waals surface area contributed by atoms with Gasteiger partial charge in [0.1, 0.15) is 23.0 Å². The predicted octanol–water partition coefficient (Wildman–Crippen LogP) is 6.61. The molecular weight excluding hydrogens is 462 g/mol. The topological polar surface area (TPSA) is 94.5 Å². The highest BCUT2D eigenvalue weighted by atomic mass is 31.2. The van der Waals surface area contributed by atoms with Crippen molar-refractivity contribution >= 4 is 16.4 Å². The minimum atomic E-state index is -4.14. The van der Waals surface area contributed by atoms with E-state index in [1.165, 1.54) is 0 Å². The Morgan fingerprint density at radius 2 is 0.788 bits per heavy atom. The Hall–Kier alpha value is -3.34. The molecule has 4 aromatic rings. The molecule has 4 aromatic carbocycles. The lowest BCUT2D eigenvalue weighted by molar-refractivity contribution is 0.291. The Balaban J connectivity index is 0.000000186. The van der Waals surface area contributed by atoms with Crippen LogP contribution in [0.2, 0.25) is 0 Å². The number of para-hydroxylation sites is 4. The Bertz CT molecular complexity index is 1030. The third-order valence-corrected chi connectivity index (χ3v) is 5.40. The summed E-state index contributed by atoms with van der Waals surface area (Å²) >= 11 is 0. The van der Waals surface area contributed by atoms with Gasteiger partial charge in [0.05, 0.1) is 0 Å². The molecular formula is C24H22O7P2. The van der Waals surface area contributed by atoms with Gasteiger partial charge in [-0.1, -0.05) is 72.8 Å². The molecule has 0 unspecified atom stereocenters. The van der Waals surface area contributed by atoms with Gasteiger partial charge < -0.3 is 23.0 Å². The number of hydrogen-bond donors (Lipinski definition) is 2. The van der Waals surface area contributed by atoms with E-state index in [-0.39, 0.29) is 11.5 Å². The summed E-state index contributed by atoms with van der Waals surface area (Å²) in [5, 5.41) is 0. The molecule has 0 saturated carbocycles. The number of hydrogen-bond acceptors (Lipinski definition) is 6. The quantitative estimate of drug-likeness (QED) is 0.272. The molecule has 0 atom stereocenters. The van der Waals surface area contributed by atoms with Gasteiger partial charge in [-0.05, 0) is 48.5 Å². The molecule has 33 heavy (non-hydrogen) atoms. The van der Waals surface area contributed by atoms with Crippen molar-refractivity contribution in [3.63, 3.8) is 0 Å². The highest BCUT2D eigenvalue weighted by Gasteiger charge is 2.24. The van der Waals surface area contributed by atoms with E-state index >= 15 is 0 Å². The fourth-order valence-electron chi connectivity index (χ4n) is 2.41. The minimum Gasteiger partial charge on any atom is -0.418 e. The summed E-state index contributed by atoms with van der Waals surface area (Å²) < 4.78 is 31.9. The molecule has 170 valence electrons. The maximum Gasteiger partial charge on any atom is 0.584 e. The molecule has 0 aromatic heterocycles. The SMILES string of the molecule is O=P(O)(Oc1ccccc1)Oc1ccccc1.OP(Oc1ccccc1)Oc1ccccc1. The van der Waals surface area contributed by atoms with Gasteiger partial charge in [-0.25, -0.2) is 4.57 Å². The Morgan fingerprint density at radius 3 is 1.09 bits per heavy atom. The molecule has 0 aliphatic carbocycles. The summed E-state index contributed by atoms with van der Waals surface area (Å²) in [6.45, 7) is 0. The monoisotopic (exact) mass is 484 g/mol. The molecule has 0 spiro atoms. The number of phosphoric ester groups is 1. The molecule has 0 aliphatic heterocycles. The van der Waals surface area contributed by atoms with Crippen molar-refractivity contribution in [2.75, 3.05) is 0 Å². The van der Waals surface area contributed by atoms with Gasteiger partial charge in [-0.2, -0.15) is 0 Å². The molecule has 0 bridgehead atoms. The van der Waals surface area contributed by atoms with Crippen molar-refractivity contribution in [3.8, 4) is 23.0 Å². The molecule has 0 heterocycles. The van der Waals surface area contributed by atoms with Crippen LogP contribution in [0.1, 0.15) is 0 Å². The van der Waals surface area contributed by atoms with E-state index in [1.807, 2.05) is 36.4 Å². The predicted molar refractivity (Wildman–Crippen MR) is 127 cm³/mol. The molecule has 0 radical (unpaired) electrons. The van der Waals surface area contributed by atoms with Crippen molar-refractivity contribution in [2.45, 2.75) is 0 Å². The molecule has 7 nitrogen and oxygen atoms in total. The number of phosphoric acid groups is 1. The van der Waals surface area contributed by atoms with Crippen LogP contribution in [0.25, 0.3) is 0 Å². The zero-order valence-corrected chi connectivity index (χ0v) is 19.2. The largest absolute Gasteiger partial charge is 0.584 e. The van der Waals surface area contributed by atoms with Crippen LogP contribution in [0.4, 0.5) is 0 Å². The average molecular weight is 484 g/mol. The summed E-state index contributed by atoms with van der Waals surface area (Å²) in [6.07, 6.45) is 0. The third-order valence-electron chi connectivity index (χ3n) is 3.78. The van der Waals surface area contributed by atoms with Crippen LogP contribution < -0.4 is 18.1 Å². The average Bonchev–Trinajstić information content (AvgIpc) is 2.81. The zero-order chi connectivity index (χ0) is 23.4. The first-order valence-electron chi connectivity index (χ1n) is 9.77. The summed E-state index contributed by atoms with van der Waals surface area (Å²) in [4.78, 5) is 19.1. The van der Waals surface area contributed by atoms with Crippen molar-refractivity contribution in [3.05, 3.63) is 121 Å². The van der Waals surface area contributed by atoms with Crippen molar-refractivity contribution in [2.24, 2.45) is 0 Å². The summed E-state index contributed by atoms with van der Waals surface area (Å²) in [5.74, 6) is 1.75. The van der Waals surface area contributed by atoms with Crippen molar-refractivity contribution < 1.29 is 32.4 Å². The van der Waals surface area contributed by atoms with Crippen LogP contribution >= 0.6 is 16.4 Å². The lowest BCUT2D eigenvalue weighted by Crippen LogP contribution is -1.99. The summed E-state index contributed by atoms with van der Waals surface area (Å²) in [7, 11) is -6.07. The van der Waals surface area contributed by atoms with Gasteiger partial charge in [-0.3, -0.25) is 4.89 Å². The second kappa shape index (κ2) is 12.6. The van der Waals surface area contributed by atoms with Crippen LogP contribution in [0.15, 0.2) is 121 Å². The van der Waals surface area contributed by atoms with E-state index in [2.05, 4.69) is 0 Å². The smallest absolute Gasteiger partial charge is 0.418 e. The molecule has 0 aliphatic rings. The normalized spacial score (nSPS) is 10.5. The van der Waals surface area contributed by atoms with Gasteiger partial charge in [0, 0.05) is 0 Å². The minimum absolute atomic E-state index is 0.286. The molecule has 4 rings (SSSR count). The van der Waals surface area contributed by atoms with Gasteiger partial charge in [-0.15, -0.1) is 0 Å². The fraction of sp³-hybridized carbons (Fsp3) is 0. The van der Waals surface area contributed by atoms with E-state index < -0.39 is 16.4 Å². The van der Waals surface area contributed by atoms with E-state index in [4.69, 9.17) is 18.1 Å². The van der Waals surface area contributed by atoms with Gasteiger partial charge in [0.2, 0.25) is 0 Å². The standard InChI is InChI=1S/C12H11O4P.C12H11O3P/c13-17(14,15-11-7-3-1-4-8-11)16-12-9-5-2-6-10-12;13-16(14-11-7-3-1-4-8-11)15-12-9-5-2-6-10-12/h1-10H,(H,13,14);1-10,13H. The first-order chi connectivity index (χ1) is 16.0. The molecule has 0 fully saturated rings. The van der Waals surface area contributed by atoms with Crippen molar-refractivity contribution in [1.82, 2.24) is 0 Å². The number of benzene rings is 4. The van der Waals surface area contributed by atoms with E-state index in [0.29, 0.717) is 11.5 Å². The summed E-state index contributed by atoms with van der Waals surface area (Å²) in [5.41, 5.74) is 0. The molecule has 2 N–H and O–H groups in total. The molecule has 0 amide bonds. The van der Waals surface area contributed by atoms with Crippen LogP contribution in [0.3, 0.4) is 0 Å². The van der Waals surface area contributed by atoms with E-state index in [1.54, 1.807) is 84.9 Å². The lowest BCUT2D eigenvalue weighted by Gasteiger charge is -2.13. The van der Waals surface area contributed by atoms with Gasteiger partial charge in [0.25, 0.3) is 0 Å².